The Hall–Kier alpha value is -2.00. The second kappa shape index (κ2) is 5.65. The molecule has 1 saturated heterocycles. The predicted octanol–water partition coefficient (Wildman–Crippen LogP) is 1.24. The zero-order valence-electron chi connectivity index (χ0n) is 12.1. The first-order valence-corrected chi connectivity index (χ1v) is 8.07. The van der Waals surface area contributed by atoms with Gasteiger partial charge in [-0.15, -0.1) is 0 Å². The molecule has 1 aromatic carbocycles. The molecule has 0 aromatic heterocycles. The maximum absolute atomic E-state index is 12.7. The molecule has 8 nitrogen and oxygen atoms in total. The molecule has 0 bridgehead atoms. The van der Waals surface area contributed by atoms with Gasteiger partial charge in [0.15, 0.2) is 0 Å². The van der Waals surface area contributed by atoms with Crippen LogP contribution in [0.15, 0.2) is 23.1 Å². The normalized spacial score (nSPS) is 22.6. The van der Waals surface area contributed by atoms with E-state index in [1.54, 1.807) is 6.92 Å². The summed E-state index contributed by atoms with van der Waals surface area (Å²) in [5.74, 6) is -2.12. The standard InChI is InChI=1S/C13H16N2O6S/c1-8-6-14(7-10(8)13(16)17)22(20,21)12-5-3-4-11(9(12)2)15(18)19/h3-5,8,10H,6-7H2,1-2H3,(H,16,17)/t8-,10-/m1/s1. The van der Waals surface area contributed by atoms with E-state index >= 15 is 0 Å². The van der Waals surface area contributed by atoms with Crippen molar-refractivity contribution in [1.29, 1.82) is 0 Å². The SMILES string of the molecule is Cc1c([N+](=O)[O-])cccc1S(=O)(=O)N1C[C@@H](C)[C@H](C(=O)O)C1. The van der Waals surface area contributed by atoms with E-state index in [0.717, 1.165) is 4.31 Å². The Labute approximate surface area is 127 Å². The van der Waals surface area contributed by atoms with Crippen molar-refractivity contribution in [1.82, 2.24) is 4.31 Å². The highest BCUT2D eigenvalue weighted by Crippen LogP contribution is 2.32. The topological polar surface area (TPSA) is 118 Å². The molecule has 1 aromatic rings. The van der Waals surface area contributed by atoms with Gasteiger partial charge in [0.25, 0.3) is 5.69 Å². The van der Waals surface area contributed by atoms with Crippen LogP contribution >= 0.6 is 0 Å². The summed E-state index contributed by atoms with van der Waals surface area (Å²) in [5.41, 5.74) is -0.220. The molecule has 1 fully saturated rings. The number of hydrogen-bond donors (Lipinski definition) is 1. The molecule has 1 aliphatic rings. The number of carboxylic acid groups (broad SMARTS) is 1. The van der Waals surface area contributed by atoms with Gasteiger partial charge in [-0.1, -0.05) is 13.0 Å². The monoisotopic (exact) mass is 328 g/mol. The summed E-state index contributed by atoms with van der Waals surface area (Å²) in [7, 11) is -3.96. The molecule has 2 atom stereocenters. The zero-order chi connectivity index (χ0) is 16.7. The summed E-state index contributed by atoms with van der Waals surface area (Å²) in [6.45, 7) is 3.01. The van der Waals surface area contributed by atoms with E-state index in [9.17, 15) is 23.3 Å². The summed E-state index contributed by atoms with van der Waals surface area (Å²) in [6, 6.07) is 3.85. The van der Waals surface area contributed by atoms with Gasteiger partial charge < -0.3 is 5.11 Å². The fourth-order valence-corrected chi connectivity index (χ4v) is 4.47. The Morgan fingerprint density at radius 2 is 2.05 bits per heavy atom. The lowest BCUT2D eigenvalue weighted by Gasteiger charge is -2.17. The van der Waals surface area contributed by atoms with Crippen LogP contribution in [0.4, 0.5) is 5.69 Å². The van der Waals surface area contributed by atoms with Crippen LogP contribution in [0.1, 0.15) is 12.5 Å². The van der Waals surface area contributed by atoms with Crippen molar-refractivity contribution >= 4 is 21.7 Å². The fraction of sp³-hybridized carbons (Fsp3) is 0.462. The van der Waals surface area contributed by atoms with Gasteiger partial charge in [0.1, 0.15) is 0 Å². The number of nitro groups is 1. The van der Waals surface area contributed by atoms with Crippen LogP contribution in [0.2, 0.25) is 0 Å². The Morgan fingerprint density at radius 3 is 2.55 bits per heavy atom. The Balaban J connectivity index is 2.43. The minimum Gasteiger partial charge on any atom is -0.481 e. The highest BCUT2D eigenvalue weighted by molar-refractivity contribution is 7.89. The predicted molar refractivity (Wildman–Crippen MR) is 76.9 cm³/mol. The maximum atomic E-state index is 12.7. The van der Waals surface area contributed by atoms with Gasteiger partial charge >= 0.3 is 5.97 Å². The largest absolute Gasteiger partial charge is 0.481 e. The van der Waals surface area contributed by atoms with Crippen molar-refractivity contribution < 1.29 is 23.2 Å². The molecule has 120 valence electrons. The van der Waals surface area contributed by atoms with Gasteiger partial charge in [0, 0.05) is 24.7 Å². The number of nitrogens with zero attached hydrogens (tertiary/aromatic N) is 2. The first-order valence-electron chi connectivity index (χ1n) is 6.63. The minimum atomic E-state index is -3.96. The van der Waals surface area contributed by atoms with Crippen molar-refractivity contribution in [3.8, 4) is 0 Å². The van der Waals surface area contributed by atoms with Crippen LogP contribution in [-0.4, -0.2) is 41.8 Å². The van der Waals surface area contributed by atoms with E-state index < -0.39 is 26.8 Å². The Kier molecular flexibility index (Phi) is 4.21. The van der Waals surface area contributed by atoms with E-state index in [0.29, 0.717) is 0 Å². The van der Waals surface area contributed by atoms with E-state index in [2.05, 4.69) is 0 Å². The first kappa shape index (κ1) is 16.4. The molecule has 2 rings (SSSR count). The molecule has 22 heavy (non-hydrogen) atoms. The van der Waals surface area contributed by atoms with Crippen LogP contribution < -0.4 is 0 Å². The van der Waals surface area contributed by atoms with Crippen LogP contribution in [0.5, 0.6) is 0 Å². The van der Waals surface area contributed by atoms with Gasteiger partial charge in [-0.2, -0.15) is 4.31 Å². The molecule has 0 aliphatic carbocycles. The van der Waals surface area contributed by atoms with E-state index in [1.807, 2.05) is 0 Å². The smallest absolute Gasteiger partial charge is 0.308 e. The molecule has 0 radical (unpaired) electrons. The van der Waals surface area contributed by atoms with E-state index in [4.69, 9.17) is 5.11 Å². The molecule has 0 saturated carbocycles. The van der Waals surface area contributed by atoms with Crippen LogP contribution in [0, 0.1) is 28.9 Å². The van der Waals surface area contributed by atoms with Crippen molar-refractivity contribution in [2.24, 2.45) is 11.8 Å². The van der Waals surface area contributed by atoms with Crippen molar-refractivity contribution in [2.45, 2.75) is 18.7 Å². The molecule has 9 heteroatoms. The average molecular weight is 328 g/mol. The number of hydrogen-bond acceptors (Lipinski definition) is 5. The van der Waals surface area contributed by atoms with E-state index in [-0.39, 0.29) is 35.2 Å². The average Bonchev–Trinajstić information content (AvgIpc) is 2.81. The maximum Gasteiger partial charge on any atom is 0.308 e. The molecule has 0 spiro atoms. The highest BCUT2D eigenvalue weighted by Gasteiger charge is 2.41. The lowest BCUT2D eigenvalue weighted by Crippen LogP contribution is -2.30. The van der Waals surface area contributed by atoms with Gasteiger partial charge in [-0.3, -0.25) is 14.9 Å². The lowest BCUT2D eigenvalue weighted by atomic mass is 9.99. The molecular formula is C13H16N2O6S. The number of carboxylic acids is 1. The van der Waals surface area contributed by atoms with Crippen molar-refractivity contribution in [3.05, 3.63) is 33.9 Å². The number of carbonyl (C=O) groups is 1. The summed E-state index contributed by atoms with van der Waals surface area (Å²) in [5, 5.41) is 20.0. The summed E-state index contributed by atoms with van der Waals surface area (Å²) in [4.78, 5) is 21.3. The fourth-order valence-electron chi connectivity index (χ4n) is 2.66. The number of aliphatic carboxylic acids is 1. The van der Waals surface area contributed by atoms with Gasteiger partial charge in [0.05, 0.1) is 15.7 Å². The number of nitro benzene ring substituents is 1. The molecule has 0 unspecified atom stereocenters. The second-order valence-electron chi connectivity index (χ2n) is 5.40. The van der Waals surface area contributed by atoms with Crippen LogP contribution in [0.3, 0.4) is 0 Å². The Morgan fingerprint density at radius 1 is 1.41 bits per heavy atom. The van der Waals surface area contributed by atoms with Crippen LogP contribution in [-0.2, 0) is 14.8 Å². The number of sulfonamides is 1. The third-order valence-corrected chi connectivity index (χ3v) is 5.94. The zero-order valence-corrected chi connectivity index (χ0v) is 12.9. The Bertz CT molecular complexity index is 730. The number of rotatable bonds is 4. The van der Waals surface area contributed by atoms with Gasteiger partial charge in [-0.25, -0.2) is 8.42 Å². The third kappa shape index (κ3) is 2.69. The van der Waals surface area contributed by atoms with E-state index in [1.165, 1.54) is 25.1 Å². The van der Waals surface area contributed by atoms with Gasteiger partial charge in [0.2, 0.25) is 10.0 Å². The molecule has 1 aliphatic heterocycles. The molecule has 1 heterocycles. The summed E-state index contributed by atoms with van der Waals surface area (Å²) >= 11 is 0. The lowest BCUT2D eigenvalue weighted by molar-refractivity contribution is -0.385. The molecular weight excluding hydrogens is 312 g/mol. The van der Waals surface area contributed by atoms with Crippen molar-refractivity contribution in [2.75, 3.05) is 13.1 Å². The van der Waals surface area contributed by atoms with Crippen LogP contribution in [0.25, 0.3) is 0 Å². The minimum absolute atomic E-state index is 0.0546. The molecule has 1 N–H and O–H groups in total. The molecule has 0 amide bonds. The quantitative estimate of drug-likeness (QED) is 0.656. The van der Waals surface area contributed by atoms with Gasteiger partial charge in [-0.05, 0) is 18.9 Å². The number of benzene rings is 1. The summed E-state index contributed by atoms with van der Waals surface area (Å²) < 4.78 is 26.4. The highest BCUT2D eigenvalue weighted by atomic mass is 32.2. The summed E-state index contributed by atoms with van der Waals surface area (Å²) in [6.07, 6.45) is 0. The van der Waals surface area contributed by atoms with Crippen molar-refractivity contribution in [3.63, 3.8) is 0 Å². The first-order chi connectivity index (χ1) is 10.2. The third-order valence-electron chi connectivity index (χ3n) is 3.97. The second-order valence-corrected chi connectivity index (χ2v) is 7.31.